The van der Waals surface area contributed by atoms with Crippen molar-refractivity contribution in [3.05, 3.63) is 42.1 Å². The Kier molecular flexibility index (Phi) is 7.02. The van der Waals surface area contributed by atoms with Crippen LogP contribution in [-0.2, 0) is 0 Å². The van der Waals surface area contributed by atoms with Crippen LogP contribution in [0.5, 0.6) is 5.75 Å². The fourth-order valence-corrected chi connectivity index (χ4v) is 5.37. The molecule has 36 heavy (non-hydrogen) atoms. The average molecular weight is 492 g/mol. The van der Waals surface area contributed by atoms with Gasteiger partial charge in [0.2, 0.25) is 0 Å². The summed E-state index contributed by atoms with van der Waals surface area (Å²) in [6.07, 6.45) is 7.81. The molecule has 0 N–H and O–H groups in total. The lowest BCUT2D eigenvalue weighted by molar-refractivity contribution is 0.0759. The molecule has 0 aliphatic carbocycles. The van der Waals surface area contributed by atoms with Crippen LogP contribution in [-0.4, -0.2) is 95.6 Å². The second kappa shape index (κ2) is 10.4. The maximum atomic E-state index is 14.2. The molecular weight excluding hydrogens is 457 g/mol. The first kappa shape index (κ1) is 24.4. The maximum absolute atomic E-state index is 14.2. The molecule has 0 unspecified atom stereocenters. The number of hydrogen-bond donors (Lipinski definition) is 0. The third-order valence-electron chi connectivity index (χ3n) is 7.55. The smallest absolute Gasteiger partial charge is 0.167 e. The predicted molar refractivity (Wildman–Crippen MR) is 142 cm³/mol. The van der Waals surface area contributed by atoms with Gasteiger partial charge in [0.25, 0.3) is 0 Å². The number of nitrogens with zero attached hydrogens (tertiary/aromatic N) is 7. The van der Waals surface area contributed by atoms with Crippen LogP contribution in [0.2, 0.25) is 0 Å². The van der Waals surface area contributed by atoms with Crippen molar-refractivity contribution < 1.29 is 9.13 Å². The number of allylic oxidation sites excluding steroid dienone is 1. The van der Waals surface area contributed by atoms with Crippen molar-refractivity contribution in [2.24, 2.45) is 4.99 Å². The highest BCUT2D eigenvalue weighted by Gasteiger charge is 2.27. The standard InChI is InChI=1S/C27H34FN7O/c1-19(33-9-6-20(7-10-33)34-13-11-32(3)12-14-34)18-35-27(29-2)23(17-31-35)21-5-8-30-25-16-24(28)26(36-4)15-22(21)25/h5,8,15-18,20H,2,6-7,9-14H2,1,3-4H3/b19-18+. The van der Waals surface area contributed by atoms with Crippen molar-refractivity contribution in [2.75, 3.05) is 53.4 Å². The first-order valence-electron chi connectivity index (χ1n) is 12.5. The van der Waals surface area contributed by atoms with Gasteiger partial charge in [-0.05, 0) is 51.2 Å². The summed E-state index contributed by atoms with van der Waals surface area (Å²) in [4.78, 5) is 16.1. The van der Waals surface area contributed by atoms with Crippen molar-refractivity contribution in [3.8, 4) is 16.9 Å². The minimum Gasteiger partial charge on any atom is -0.494 e. The number of ether oxygens (including phenoxy) is 1. The van der Waals surface area contributed by atoms with Gasteiger partial charge in [-0.15, -0.1) is 0 Å². The summed E-state index contributed by atoms with van der Waals surface area (Å²) in [5.41, 5.74) is 3.35. The summed E-state index contributed by atoms with van der Waals surface area (Å²) in [5, 5.41) is 5.37. The zero-order valence-electron chi connectivity index (χ0n) is 21.3. The number of piperazine rings is 1. The predicted octanol–water partition coefficient (Wildman–Crippen LogP) is 4.11. The minimum atomic E-state index is -0.442. The number of fused-ring (bicyclic) bond motifs is 1. The van der Waals surface area contributed by atoms with Crippen LogP contribution in [0.3, 0.4) is 0 Å². The van der Waals surface area contributed by atoms with Gasteiger partial charge in [0, 0.05) is 80.4 Å². The fourth-order valence-electron chi connectivity index (χ4n) is 5.37. The van der Waals surface area contributed by atoms with E-state index < -0.39 is 5.82 Å². The minimum absolute atomic E-state index is 0.174. The lowest BCUT2D eigenvalue weighted by Gasteiger charge is -2.42. The normalized spacial score (nSPS) is 18.7. The molecule has 190 valence electrons. The van der Waals surface area contributed by atoms with Crippen molar-refractivity contribution in [1.29, 1.82) is 0 Å². The molecule has 5 rings (SSSR count). The van der Waals surface area contributed by atoms with E-state index in [1.54, 1.807) is 23.1 Å². The Labute approximate surface area is 211 Å². The summed E-state index contributed by atoms with van der Waals surface area (Å²) in [5.74, 6) is 0.368. The van der Waals surface area contributed by atoms with Crippen LogP contribution in [0.25, 0.3) is 28.2 Å². The molecule has 0 atom stereocenters. The van der Waals surface area contributed by atoms with Gasteiger partial charge in [0.05, 0.1) is 18.8 Å². The summed E-state index contributed by atoms with van der Waals surface area (Å²) in [6.45, 7) is 12.6. The Morgan fingerprint density at radius 1 is 1.14 bits per heavy atom. The number of piperidine rings is 1. The molecule has 9 heteroatoms. The van der Waals surface area contributed by atoms with Gasteiger partial charge in [0.15, 0.2) is 17.4 Å². The molecule has 0 saturated carbocycles. The second-order valence-electron chi connectivity index (χ2n) is 9.67. The number of benzene rings is 1. The summed E-state index contributed by atoms with van der Waals surface area (Å²) >= 11 is 0. The molecular formula is C27H34FN7O. The highest BCUT2D eigenvalue weighted by Crippen LogP contribution is 2.37. The van der Waals surface area contributed by atoms with Crippen molar-refractivity contribution in [1.82, 2.24) is 29.5 Å². The highest BCUT2D eigenvalue weighted by molar-refractivity contribution is 5.97. The van der Waals surface area contributed by atoms with Gasteiger partial charge in [-0.25, -0.2) is 14.1 Å². The fraction of sp³-hybridized carbons (Fsp3) is 0.444. The summed E-state index contributed by atoms with van der Waals surface area (Å²) in [6, 6.07) is 5.61. The molecule has 4 heterocycles. The lowest BCUT2D eigenvalue weighted by atomic mass is 10.0. The molecule has 2 saturated heterocycles. The number of aliphatic imine (C=N–C) groups is 1. The SMILES string of the molecule is C=Nc1c(-c2ccnc3cc(F)c(OC)cc23)cnn1/C=C(\C)N1CCC(N2CCN(C)CC2)CC1. The number of halogens is 1. The zero-order valence-corrected chi connectivity index (χ0v) is 21.3. The molecule has 1 aromatic carbocycles. The molecule has 2 fully saturated rings. The van der Waals surface area contributed by atoms with Gasteiger partial charge in [-0.3, -0.25) is 9.88 Å². The van der Waals surface area contributed by atoms with Crippen molar-refractivity contribution in [2.45, 2.75) is 25.8 Å². The lowest BCUT2D eigenvalue weighted by Crippen LogP contribution is -2.52. The first-order chi connectivity index (χ1) is 17.5. The van der Waals surface area contributed by atoms with Gasteiger partial charge >= 0.3 is 0 Å². The molecule has 2 aliphatic heterocycles. The third kappa shape index (κ3) is 4.73. The third-order valence-corrected chi connectivity index (χ3v) is 7.55. The van der Waals surface area contributed by atoms with Crippen LogP contribution in [0, 0.1) is 5.82 Å². The van der Waals surface area contributed by atoms with E-state index in [1.807, 2.05) is 12.3 Å². The molecule has 0 bridgehead atoms. The van der Waals surface area contributed by atoms with E-state index in [2.05, 4.69) is 50.5 Å². The van der Waals surface area contributed by atoms with Crippen molar-refractivity contribution in [3.63, 3.8) is 0 Å². The first-order valence-corrected chi connectivity index (χ1v) is 12.5. The summed E-state index contributed by atoms with van der Waals surface area (Å²) < 4.78 is 21.2. The van der Waals surface area contributed by atoms with Gasteiger partial charge in [0.1, 0.15) is 0 Å². The Hall–Kier alpha value is -3.30. The number of pyridine rings is 1. The van der Waals surface area contributed by atoms with Crippen LogP contribution in [0.4, 0.5) is 10.2 Å². The highest BCUT2D eigenvalue weighted by atomic mass is 19.1. The molecule has 2 aliphatic rings. The van der Waals surface area contributed by atoms with Gasteiger partial charge < -0.3 is 14.5 Å². The maximum Gasteiger partial charge on any atom is 0.167 e. The molecule has 0 amide bonds. The van der Waals surface area contributed by atoms with E-state index in [4.69, 9.17) is 4.74 Å². The number of likely N-dealkylation sites (N-methyl/N-ethyl adjacent to an activating group) is 1. The van der Waals surface area contributed by atoms with E-state index >= 15 is 0 Å². The number of methoxy groups -OCH3 is 1. The van der Waals surface area contributed by atoms with Crippen LogP contribution in [0.15, 0.2) is 41.3 Å². The molecule has 8 nitrogen and oxygen atoms in total. The molecule has 3 aromatic rings. The molecule has 2 aromatic heterocycles. The number of aromatic nitrogens is 3. The average Bonchev–Trinajstić information content (AvgIpc) is 3.30. The van der Waals surface area contributed by atoms with E-state index in [0.29, 0.717) is 17.4 Å². The zero-order chi connectivity index (χ0) is 25.2. The van der Waals surface area contributed by atoms with Crippen LogP contribution < -0.4 is 4.74 Å². The molecule has 0 spiro atoms. The monoisotopic (exact) mass is 491 g/mol. The Bertz CT molecular complexity index is 1270. The topological polar surface area (TPSA) is 62.0 Å². The summed E-state index contributed by atoms with van der Waals surface area (Å²) in [7, 11) is 3.66. The van der Waals surface area contributed by atoms with E-state index in [0.717, 1.165) is 48.4 Å². The Morgan fingerprint density at radius 3 is 2.58 bits per heavy atom. The van der Waals surface area contributed by atoms with Crippen molar-refractivity contribution >= 4 is 29.6 Å². The quantitative estimate of drug-likeness (QED) is 0.484. The Balaban J connectivity index is 1.36. The van der Waals surface area contributed by atoms with Gasteiger partial charge in [-0.1, -0.05) is 0 Å². The van der Waals surface area contributed by atoms with E-state index in [9.17, 15) is 4.39 Å². The second-order valence-corrected chi connectivity index (χ2v) is 9.67. The van der Waals surface area contributed by atoms with Crippen LogP contribution >= 0.6 is 0 Å². The van der Waals surface area contributed by atoms with E-state index in [1.165, 1.54) is 39.1 Å². The number of rotatable bonds is 6. The number of likely N-dealkylation sites (tertiary alicyclic amines) is 1. The number of hydrogen-bond acceptors (Lipinski definition) is 7. The molecule has 0 radical (unpaired) electrons. The van der Waals surface area contributed by atoms with E-state index in [-0.39, 0.29) is 5.75 Å². The Morgan fingerprint density at radius 2 is 1.89 bits per heavy atom. The van der Waals surface area contributed by atoms with Gasteiger partial charge in [-0.2, -0.15) is 5.10 Å². The largest absolute Gasteiger partial charge is 0.494 e. The van der Waals surface area contributed by atoms with Crippen LogP contribution in [0.1, 0.15) is 19.8 Å².